The van der Waals surface area contributed by atoms with E-state index in [1.165, 1.54) is 26.5 Å². The molecule has 3 N–H and O–H groups in total. The molecule has 0 unspecified atom stereocenters. The lowest BCUT2D eigenvalue weighted by molar-refractivity contribution is -0.385. The van der Waals surface area contributed by atoms with E-state index in [2.05, 4.69) is 0 Å². The monoisotopic (exact) mass is 918 g/mol. The van der Waals surface area contributed by atoms with Crippen molar-refractivity contribution in [3.63, 3.8) is 0 Å². The number of ether oxygens (including phenoxy) is 2. The van der Waals surface area contributed by atoms with Crippen molar-refractivity contribution in [2.45, 2.75) is 150 Å². The number of halogens is 6. The number of rotatable bonds is 7. The van der Waals surface area contributed by atoms with Gasteiger partial charge in [0, 0.05) is 49.9 Å². The van der Waals surface area contributed by atoms with Crippen LogP contribution < -0.4 is 5.73 Å². The lowest BCUT2D eigenvalue weighted by Crippen LogP contribution is -2.54. The number of phenolic OH excluding ortho intramolecular Hbond substituents is 1. The second-order valence-corrected chi connectivity index (χ2v) is 18.5. The summed E-state index contributed by atoms with van der Waals surface area (Å²) in [7, 11) is 0. The van der Waals surface area contributed by atoms with Gasteiger partial charge in [0.15, 0.2) is 0 Å². The zero-order valence-corrected chi connectivity index (χ0v) is 38.1. The van der Waals surface area contributed by atoms with Crippen LogP contribution in [0, 0.1) is 17.0 Å². The molecule has 0 aromatic heterocycles. The van der Waals surface area contributed by atoms with Gasteiger partial charge in [-0.2, -0.15) is 26.3 Å². The fraction of sp³-hybridized carbons (Fsp3) is 0.628. The van der Waals surface area contributed by atoms with Gasteiger partial charge in [0.2, 0.25) is 0 Å². The third-order valence-electron chi connectivity index (χ3n) is 10.2. The highest BCUT2D eigenvalue weighted by atomic mass is 19.4. The third kappa shape index (κ3) is 13.8. The van der Waals surface area contributed by atoms with Crippen LogP contribution in [0.2, 0.25) is 0 Å². The van der Waals surface area contributed by atoms with E-state index >= 15 is 0 Å². The number of carbonyl (C=O) groups excluding carboxylic acids is 4. The van der Waals surface area contributed by atoms with Crippen LogP contribution in [0.25, 0.3) is 0 Å². The van der Waals surface area contributed by atoms with Gasteiger partial charge in [0.25, 0.3) is 17.5 Å². The molecule has 2 aliphatic heterocycles. The maximum Gasteiger partial charge on any atom is 0.417 e. The Hall–Kier alpha value is -5.50. The smallest absolute Gasteiger partial charge is 0.417 e. The first-order valence-corrected chi connectivity index (χ1v) is 20.8. The molecule has 2 aromatic rings. The SMILES string of the molecule is CC(C)N(C(=O)c1cc(N)c(O)cc1C(F)(F)F)[C@@H]1CCCN(C(=O)OC(C)(C)C)C1.Cc1cc(C(F)(F)F)c(C(=O)N(C(C)C)[C@@H]2CCCN(C(=O)OC(C)(C)C)C2)cc1[N+](=O)[O-]. The van der Waals surface area contributed by atoms with Gasteiger partial charge >= 0.3 is 24.5 Å². The van der Waals surface area contributed by atoms with Gasteiger partial charge in [-0.1, -0.05) is 0 Å². The lowest BCUT2D eigenvalue weighted by atomic mass is 9.97. The number of aromatic hydroxyl groups is 1. The number of hydrogen-bond donors (Lipinski definition) is 2. The predicted molar refractivity (Wildman–Crippen MR) is 225 cm³/mol. The summed E-state index contributed by atoms with van der Waals surface area (Å²) in [6.07, 6.45) is -8.72. The number of nitrogens with two attached hydrogens (primary N) is 1. The second kappa shape index (κ2) is 20.1. The number of aryl methyl sites for hydroxylation is 1. The molecule has 0 aliphatic carbocycles. The molecule has 0 bridgehead atoms. The summed E-state index contributed by atoms with van der Waals surface area (Å²) in [5, 5.41) is 21.0. The van der Waals surface area contributed by atoms with E-state index < -0.39 is 110 Å². The Morgan fingerprint density at radius 2 is 1.11 bits per heavy atom. The van der Waals surface area contributed by atoms with E-state index in [-0.39, 0.29) is 24.3 Å². The zero-order valence-electron chi connectivity index (χ0n) is 38.1. The van der Waals surface area contributed by atoms with Crippen LogP contribution in [0.4, 0.5) is 47.3 Å². The molecule has 2 heterocycles. The highest BCUT2D eigenvalue weighted by Gasteiger charge is 2.43. The number of anilines is 1. The zero-order chi connectivity index (χ0) is 49.0. The highest BCUT2D eigenvalue weighted by molar-refractivity contribution is 5.98. The molecule has 64 heavy (non-hydrogen) atoms. The van der Waals surface area contributed by atoms with Crippen molar-refractivity contribution >= 4 is 35.4 Å². The first-order valence-electron chi connectivity index (χ1n) is 20.8. The van der Waals surface area contributed by atoms with Gasteiger partial charge in [-0.05, 0) is 120 Å². The number of carbonyl (C=O) groups is 4. The van der Waals surface area contributed by atoms with Crippen molar-refractivity contribution in [1.29, 1.82) is 0 Å². The molecule has 2 aliphatic rings. The molecule has 2 fully saturated rings. The van der Waals surface area contributed by atoms with Gasteiger partial charge in [-0.15, -0.1) is 0 Å². The van der Waals surface area contributed by atoms with Crippen LogP contribution in [0.1, 0.15) is 132 Å². The molecular weight excluding hydrogens is 858 g/mol. The number of phenols is 1. The average molecular weight is 919 g/mol. The molecule has 2 saturated heterocycles. The van der Waals surface area contributed by atoms with Gasteiger partial charge in [0.1, 0.15) is 17.0 Å². The summed E-state index contributed by atoms with van der Waals surface area (Å²) < 4.78 is 92.7. The number of piperidine rings is 2. The van der Waals surface area contributed by atoms with Gasteiger partial charge in [-0.25, -0.2) is 9.59 Å². The van der Waals surface area contributed by atoms with Crippen molar-refractivity contribution in [3.8, 4) is 5.75 Å². The summed E-state index contributed by atoms with van der Waals surface area (Å²) in [6, 6.07) is 0.640. The van der Waals surface area contributed by atoms with Crippen LogP contribution in [0.5, 0.6) is 5.75 Å². The van der Waals surface area contributed by atoms with E-state index in [9.17, 15) is 60.7 Å². The Morgan fingerprint density at radius 1 is 0.734 bits per heavy atom. The summed E-state index contributed by atoms with van der Waals surface area (Å²) in [4.78, 5) is 67.7. The van der Waals surface area contributed by atoms with E-state index in [0.717, 1.165) is 6.07 Å². The lowest BCUT2D eigenvalue weighted by Gasteiger charge is -2.41. The summed E-state index contributed by atoms with van der Waals surface area (Å²) >= 11 is 0. The molecular formula is C43H60F6N6O9. The number of hydrogen-bond acceptors (Lipinski definition) is 10. The summed E-state index contributed by atoms with van der Waals surface area (Å²) in [5.74, 6) is -2.56. The fourth-order valence-corrected chi connectivity index (χ4v) is 7.59. The molecule has 15 nitrogen and oxygen atoms in total. The van der Waals surface area contributed by atoms with E-state index in [1.54, 1.807) is 69.2 Å². The van der Waals surface area contributed by atoms with Crippen LogP contribution in [-0.4, -0.2) is 115 Å². The number of nitrogen functional groups attached to an aromatic ring is 1. The Bertz CT molecular complexity index is 2050. The minimum atomic E-state index is -4.87. The van der Waals surface area contributed by atoms with Crippen LogP contribution >= 0.6 is 0 Å². The fourth-order valence-electron chi connectivity index (χ4n) is 7.59. The standard InChI is InChI=1S/C22H30F3N3O5.C21H30F3N3O4/c1-13(2)27(15-8-7-9-26(12-15)20(30)33-21(4,5)6)19(29)16-11-18(28(31)32)14(3)10-17(16)22(23,24)25;1-12(2)27(13-7-6-8-26(11-13)19(30)31-20(3,4)5)18(29)14-9-16(25)17(28)10-15(14)21(22,23)24/h10-11,13,15H,7-9,12H2,1-6H3;9-10,12-13,28H,6-8,11,25H2,1-5H3/t15-;13-/m11/s1. The Morgan fingerprint density at radius 3 is 1.45 bits per heavy atom. The molecule has 358 valence electrons. The van der Waals surface area contributed by atoms with E-state index in [4.69, 9.17) is 15.2 Å². The van der Waals surface area contributed by atoms with Crippen LogP contribution in [-0.2, 0) is 21.8 Å². The normalized spacial score (nSPS) is 17.4. The number of alkyl halides is 6. The first-order chi connectivity index (χ1) is 29.1. The average Bonchev–Trinajstić information content (AvgIpc) is 3.13. The van der Waals surface area contributed by atoms with Gasteiger partial charge in [0.05, 0.1) is 44.9 Å². The van der Waals surface area contributed by atoms with E-state index in [1.807, 2.05) is 0 Å². The maximum absolute atomic E-state index is 13.7. The molecule has 4 rings (SSSR count). The first kappa shape index (κ1) is 52.8. The van der Waals surface area contributed by atoms with E-state index in [0.29, 0.717) is 57.0 Å². The van der Waals surface area contributed by atoms with Crippen molar-refractivity contribution in [2.24, 2.45) is 0 Å². The number of benzene rings is 2. The van der Waals surface area contributed by atoms with Gasteiger partial charge < -0.3 is 39.9 Å². The molecule has 4 amide bonds. The molecule has 21 heteroatoms. The molecule has 0 spiro atoms. The van der Waals surface area contributed by atoms with Crippen molar-refractivity contribution in [3.05, 3.63) is 62.2 Å². The van der Waals surface area contributed by atoms with Crippen molar-refractivity contribution in [1.82, 2.24) is 19.6 Å². The summed E-state index contributed by atoms with van der Waals surface area (Å²) in [5.41, 5.74) is -0.778. The number of nitro groups is 1. The third-order valence-corrected chi connectivity index (χ3v) is 10.2. The van der Waals surface area contributed by atoms with Crippen molar-refractivity contribution < 1.29 is 65.0 Å². The topological polar surface area (TPSA) is 189 Å². The Labute approximate surface area is 368 Å². The minimum Gasteiger partial charge on any atom is -0.506 e. The highest BCUT2D eigenvalue weighted by Crippen LogP contribution is 2.39. The van der Waals surface area contributed by atoms with Crippen LogP contribution in [0.3, 0.4) is 0 Å². The number of nitro benzene ring substituents is 1. The molecule has 0 radical (unpaired) electrons. The largest absolute Gasteiger partial charge is 0.506 e. The van der Waals surface area contributed by atoms with Gasteiger partial charge in [-0.3, -0.25) is 19.7 Å². The molecule has 2 aromatic carbocycles. The maximum atomic E-state index is 13.7. The quantitative estimate of drug-likeness (QED) is 0.0890. The Kier molecular flexibility index (Phi) is 16.6. The minimum absolute atomic E-state index is 0.0914. The number of amides is 4. The van der Waals surface area contributed by atoms with Crippen LogP contribution in [0.15, 0.2) is 24.3 Å². The Balaban J connectivity index is 0.000000341. The van der Waals surface area contributed by atoms with Crippen molar-refractivity contribution in [2.75, 3.05) is 31.9 Å². The molecule has 0 saturated carbocycles. The number of nitrogens with zero attached hydrogens (tertiary/aromatic N) is 5. The molecule has 2 atom stereocenters. The predicted octanol–water partition coefficient (Wildman–Crippen LogP) is 9.42. The second-order valence-electron chi connectivity index (χ2n) is 18.5. The number of likely N-dealkylation sites (tertiary alicyclic amines) is 2. The summed E-state index contributed by atoms with van der Waals surface area (Å²) in [6.45, 7) is 19.4.